The van der Waals surface area contributed by atoms with Gasteiger partial charge in [0.2, 0.25) is 0 Å². The van der Waals surface area contributed by atoms with Gasteiger partial charge in [-0.25, -0.2) is 0 Å². The number of carbonyl (C=O) groups excluding carboxylic acids is 2. The van der Waals surface area contributed by atoms with Crippen LogP contribution < -0.4 is 4.89 Å². The van der Waals surface area contributed by atoms with Crippen molar-refractivity contribution in [1.82, 2.24) is 0 Å². The van der Waals surface area contributed by atoms with Crippen molar-refractivity contribution in [3.8, 4) is 0 Å². The monoisotopic (exact) mass is 757 g/mol. The molecule has 51 heavy (non-hydrogen) atoms. The number of phosphoric acid groups is 1. The summed E-state index contributed by atoms with van der Waals surface area (Å²) in [6, 6.07) is 0. The van der Waals surface area contributed by atoms with E-state index in [1.165, 1.54) is 12.8 Å². The predicted octanol–water partition coefficient (Wildman–Crippen LogP) is 6.15. The summed E-state index contributed by atoms with van der Waals surface area (Å²) in [6.07, 6.45) is 2.58. The van der Waals surface area contributed by atoms with E-state index < -0.39 is 89.1 Å². The van der Waals surface area contributed by atoms with E-state index in [2.05, 4.69) is 13.8 Å². The second-order valence-corrected chi connectivity index (χ2v) is 14.7. The Morgan fingerprint density at radius 3 is 1.67 bits per heavy atom. The van der Waals surface area contributed by atoms with Crippen molar-refractivity contribution < 1.29 is 68.2 Å². The molecule has 0 radical (unpaired) electrons. The second-order valence-electron chi connectivity index (χ2n) is 13.3. The molecule has 14 heteroatoms. The topological polar surface area (TPSA) is 201 Å². The van der Waals surface area contributed by atoms with Crippen LogP contribution in [0.3, 0.4) is 0 Å². The van der Waals surface area contributed by atoms with Crippen molar-refractivity contribution in [1.29, 1.82) is 0 Å². The highest BCUT2D eigenvalue weighted by Gasteiger charge is 2.43. The molecule has 0 aromatic heterocycles. The van der Waals surface area contributed by atoms with Crippen LogP contribution in [0, 0.1) is 0 Å². The Bertz CT molecular complexity index is 1090. The van der Waals surface area contributed by atoms with Gasteiger partial charge >= 0.3 is 11.9 Å². The molecule has 1 aliphatic heterocycles. The van der Waals surface area contributed by atoms with Gasteiger partial charge in [0.1, 0.15) is 31.0 Å². The summed E-state index contributed by atoms with van der Waals surface area (Å²) in [6.45, 7) is 2.03. The minimum Gasteiger partial charge on any atom is -0.756 e. The Hall–Kier alpha value is -1.15. The molecule has 1 unspecified atom stereocenters. The van der Waals surface area contributed by atoms with Crippen LogP contribution in [0.2, 0.25) is 0 Å². The number of rotatable bonds is 33. The molecule has 1 fully saturated rings. The quantitative estimate of drug-likeness (QED) is 0.0338. The molecule has 1 aliphatic rings. The largest absolute Gasteiger partial charge is 0.756 e. The van der Waals surface area contributed by atoms with E-state index in [1.54, 1.807) is 0 Å². The minimum atomic E-state index is -5.18. The summed E-state index contributed by atoms with van der Waals surface area (Å²) < 4.78 is 70.7. The molecular weight excluding hydrogens is 683 g/mol. The normalized spacial score (nSPS) is 24.1. The summed E-state index contributed by atoms with van der Waals surface area (Å²) in [5.41, 5.74) is 0. The van der Waals surface area contributed by atoms with E-state index in [9.17, 15) is 39.5 Å². The zero-order valence-electron chi connectivity index (χ0n) is 35.1. The maximum atomic E-state index is 12.7. The number of carbonyl (C=O) groups is 2. The van der Waals surface area contributed by atoms with Gasteiger partial charge < -0.3 is 48.6 Å². The van der Waals surface area contributed by atoms with Crippen LogP contribution in [-0.4, -0.2) is 89.0 Å². The van der Waals surface area contributed by atoms with E-state index in [0.29, 0.717) is 44.9 Å². The van der Waals surface area contributed by atoms with E-state index in [1.807, 2.05) is 0 Å². The van der Waals surface area contributed by atoms with Gasteiger partial charge in [-0.3, -0.25) is 14.2 Å². The van der Waals surface area contributed by atoms with Crippen LogP contribution >= 0.6 is 7.82 Å². The van der Waals surface area contributed by atoms with Crippen LogP contribution in [-0.2, 0) is 37.4 Å². The fourth-order valence-corrected chi connectivity index (χ4v) is 6.17. The van der Waals surface area contributed by atoms with E-state index >= 15 is 0 Å². The van der Waals surface area contributed by atoms with Crippen molar-refractivity contribution >= 4 is 19.8 Å². The highest BCUT2D eigenvalue weighted by molar-refractivity contribution is 7.45. The molecule has 13 nitrogen and oxygen atoms in total. The van der Waals surface area contributed by atoms with Gasteiger partial charge in [0.25, 0.3) is 7.82 Å². The zero-order chi connectivity index (χ0) is 41.3. The number of hydrogen-bond donors (Lipinski definition) is 4. The molecule has 1 heterocycles. The Morgan fingerprint density at radius 1 is 0.667 bits per heavy atom. The fraction of sp³-hybridized carbons (Fsp3) is 0.946. The summed E-state index contributed by atoms with van der Waals surface area (Å²) in [7, 11) is -5.18. The lowest BCUT2D eigenvalue weighted by Gasteiger charge is -2.38. The summed E-state index contributed by atoms with van der Waals surface area (Å²) >= 11 is 0. The Labute approximate surface area is 312 Å². The molecule has 0 aliphatic carbocycles. The van der Waals surface area contributed by atoms with E-state index in [-0.39, 0.29) is 19.3 Å². The molecular formula is C37H70O13P-. The van der Waals surface area contributed by atoms with Crippen LogP contribution in [0.15, 0.2) is 0 Å². The molecule has 1 saturated heterocycles. The number of esters is 2. The predicted molar refractivity (Wildman–Crippen MR) is 191 cm³/mol. The summed E-state index contributed by atoms with van der Waals surface area (Å²) in [5.74, 6) is -1.40. The zero-order valence-corrected chi connectivity index (χ0v) is 31.9. The summed E-state index contributed by atoms with van der Waals surface area (Å²) in [5, 5.41) is 39.2. The smallest absolute Gasteiger partial charge is 0.306 e. The first-order chi connectivity index (χ1) is 25.9. The molecule has 0 spiro atoms. The Morgan fingerprint density at radius 2 is 1.14 bits per heavy atom. The maximum Gasteiger partial charge on any atom is 0.306 e. The van der Waals surface area contributed by atoms with Gasteiger partial charge in [-0.1, -0.05) is 142 Å². The number of aliphatic hydroxyl groups is 4. The van der Waals surface area contributed by atoms with Crippen molar-refractivity contribution in [2.24, 2.45) is 0 Å². The minimum absolute atomic E-state index is 0.0331. The van der Waals surface area contributed by atoms with Crippen LogP contribution in [0.25, 0.3) is 0 Å². The van der Waals surface area contributed by atoms with Crippen LogP contribution in [0.1, 0.15) is 173 Å². The Kier molecular flexibility index (Phi) is 24.3. The lowest BCUT2D eigenvalue weighted by atomic mass is 10.00. The highest BCUT2D eigenvalue weighted by atomic mass is 31.2. The van der Waals surface area contributed by atoms with Gasteiger partial charge in [-0.2, -0.15) is 0 Å². The molecule has 0 bridgehead atoms. The van der Waals surface area contributed by atoms with Gasteiger partial charge in [0.15, 0.2) is 12.4 Å². The first-order valence-corrected chi connectivity index (χ1v) is 20.7. The van der Waals surface area contributed by atoms with Crippen LogP contribution in [0.5, 0.6) is 0 Å². The summed E-state index contributed by atoms with van der Waals surface area (Å²) in [4.78, 5) is 37.7. The molecule has 7 atom stereocenters. The fourth-order valence-electron chi connectivity index (χ4n) is 5.41. The molecule has 1 rings (SSSR count). The SMILES string of the molecule is [2H]C([2H])(CCCCCCCC)CCCCC(=O)OC[C@H](COP(=O)([O-])OC[C@H]1O[C@@H](O)[C@H](O)[C@@H](O)[C@@H]1O)OC(=O)CCCCC([2H])([2H])CCCCCCCC. The van der Waals surface area contributed by atoms with E-state index in [4.69, 9.17) is 28.7 Å². The second kappa shape index (κ2) is 30.2. The van der Waals surface area contributed by atoms with Crippen molar-refractivity contribution in [3.05, 3.63) is 0 Å². The molecule has 4 N–H and O–H groups in total. The molecule has 0 amide bonds. The number of ether oxygens (including phenoxy) is 3. The molecule has 0 aromatic rings. The third kappa shape index (κ3) is 24.7. The average molecular weight is 758 g/mol. The highest BCUT2D eigenvalue weighted by Crippen LogP contribution is 2.39. The van der Waals surface area contributed by atoms with Crippen LogP contribution in [0.4, 0.5) is 0 Å². The first kappa shape index (κ1) is 41.0. The number of phosphoric ester groups is 1. The standard InChI is InChI=1S/C37H71O13P/c1-3-5-7-9-11-13-15-17-19-21-23-25-32(38)46-27-30(49-33(39)26-24-22-20-18-16-14-12-10-8-6-4-2)28-47-51(44,45)48-29-31-34(40)35(41)36(42)37(43)50-31/h30-31,34-37,40-43H,3-29H2,1-2H3,(H,44,45)/p-1/t30-,31-,34-,35+,36-,37-/m1/s1/i17D2,18D2. The van der Waals surface area contributed by atoms with Crippen molar-refractivity contribution in [2.45, 2.75) is 205 Å². The molecule has 0 saturated carbocycles. The third-order valence-corrected chi connectivity index (χ3v) is 9.54. The lowest BCUT2D eigenvalue weighted by Crippen LogP contribution is -2.58. The number of unbranched alkanes of at least 4 members (excludes halogenated alkanes) is 12. The van der Waals surface area contributed by atoms with Crippen molar-refractivity contribution in [3.63, 3.8) is 0 Å². The number of aliphatic hydroxyl groups excluding tert-OH is 4. The van der Waals surface area contributed by atoms with Gasteiger partial charge in [0, 0.05) is 18.3 Å². The molecule has 302 valence electrons. The first-order valence-electron chi connectivity index (χ1n) is 21.2. The van der Waals surface area contributed by atoms with Gasteiger partial charge in [-0.05, 0) is 12.8 Å². The third-order valence-electron chi connectivity index (χ3n) is 8.61. The lowest BCUT2D eigenvalue weighted by molar-refractivity contribution is -0.290. The van der Waals surface area contributed by atoms with Crippen molar-refractivity contribution in [2.75, 3.05) is 19.8 Å². The van der Waals surface area contributed by atoms with Gasteiger partial charge in [-0.15, -0.1) is 0 Å². The number of hydrogen-bond acceptors (Lipinski definition) is 13. The Balaban J connectivity index is 2.63. The van der Waals surface area contributed by atoms with E-state index in [0.717, 1.165) is 64.2 Å². The maximum absolute atomic E-state index is 12.7. The molecule has 0 aromatic carbocycles. The average Bonchev–Trinajstić information content (AvgIpc) is 3.12. The van der Waals surface area contributed by atoms with Gasteiger partial charge in [0.05, 0.1) is 13.2 Å².